The first-order valence-electron chi connectivity index (χ1n) is 5.68. The summed E-state index contributed by atoms with van der Waals surface area (Å²) < 4.78 is 0.928. The molecule has 0 heterocycles. The monoisotopic (exact) mass is 317 g/mol. The second-order valence-corrected chi connectivity index (χ2v) is 5.86. The second-order valence-electron chi connectivity index (χ2n) is 4.20. The van der Waals surface area contributed by atoms with Gasteiger partial charge in [-0.05, 0) is 50.5 Å². The van der Waals surface area contributed by atoms with Gasteiger partial charge in [-0.2, -0.15) is 0 Å². The SMILES string of the molecule is Cc1cc(Br)cc(C(=O)NCCCC(C)Cl)c1. The van der Waals surface area contributed by atoms with Crippen molar-refractivity contribution in [2.45, 2.75) is 32.1 Å². The zero-order valence-electron chi connectivity index (χ0n) is 10.1. The highest BCUT2D eigenvalue weighted by Crippen LogP contribution is 2.15. The van der Waals surface area contributed by atoms with Crippen LogP contribution in [0.15, 0.2) is 22.7 Å². The number of amides is 1. The maximum atomic E-state index is 11.8. The molecule has 94 valence electrons. The summed E-state index contributed by atoms with van der Waals surface area (Å²) >= 11 is 9.22. The van der Waals surface area contributed by atoms with Crippen molar-refractivity contribution in [2.24, 2.45) is 0 Å². The number of carbonyl (C=O) groups is 1. The van der Waals surface area contributed by atoms with Gasteiger partial charge in [0.05, 0.1) is 0 Å². The van der Waals surface area contributed by atoms with Crippen LogP contribution in [0, 0.1) is 6.92 Å². The minimum Gasteiger partial charge on any atom is -0.352 e. The lowest BCUT2D eigenvalue weighted by molar-refractivity contribution is 0.0953. The van der Waals surface area contributed by atoms with E-state index in [1.54, 1.807) is 0 Å². The van der Waals surface area contributed by atoms with E-state index in [1.165, 1.54) is 0 Å². The first kappa shape index (κ1) is 14.5. The van der Waals surface area contributed by atoms with E-state index in [9.17, 15) is 4.79 Å². The Kier molecular flexibility index (Phi) is 6.00. The third-order valence-electron chi connectivity index (χ3n) is 2.37. The van der Waals surface area contributed by atoms with Gasteiger partial charge < -0.3 is 5.32 Å². The molecule has 4 heteroatoms. The Labute approximate surface area is 116 Å². The lowest BCUT2D eigenvalue weighted by Crippen LogP contribution is -2.24. The van der Waals surface area contributed by atoms with Gasteiger partial charge in [-0.15, -0.1) is 11.6 Å². The Morgan fingerprint density at radius 2 is 2.18 bits per heavy atom. The van der Waals surface area contributed by atoms with Crippen LogP contribution in [-0.2, 0) is 0 Å². The first-order chi connectivity index (χ1) is 7.99. The number of benzene rings is 1. The Balaban J connectivity index is 2.47. The average Bonchev–Trinajstić information content (AvgIpc) is 2.22. The molecule has 0 spiro atoms. The molecular weight excluding hydrogens is 302 g/mol. The molecule has 17 heavy (non-hydrogen) atoms. The van der Waals surface area contributed by atoms with Crippen LogP contribution in [0.5, 0.6) is 0 Å². The van der Waals surface area contributed by atoms with Gasteiger partial charge in [-0.1, -0.05) is 15.9 Å². The van der Waals surface area contributed by atoms with E-state index in [0.29, 0.717) is 12.1 Å². The largest absolute Gasteiger partial charge is 0.352 e. The lowest BCUT2D eigenvalue weighted by atomic mass is 10.1. The van der Waals surface area contributed by atoms with Crippen molar-refractivity contribution in [3.05, 3.63) is 33.8 Å². The van der Waals surface area contributed by atoms with Crippen LogP contribution in [0.2, 0.25) is 0 Å². The number of rotatable bonds is 5. The van der Waals surface area contributed by atoms with E-state index >= 15 is 0 Å². The van der Waals surface area contributed by atoms with Gasteiger partial charge in [0.25, 0.3) is 5.91 Å². The molecule has 1 aromatic rings. The molecule has 0 aromatic heterocycles. The molecular formula is C13H17BrClNO. The fourth-order valence-electron chi connectivity index (χ4n) is 1.55. The zero-order chi connectivity index (χ0) is 12.8. The number of halogens is 2. The molecule has 1 rings (SSSR count). The van der Waals surface area contributed by atoms with Crippen molar-refractivity contribution in [1.29, 1.82) is 0 Å². The fraction of sp³-hybridized carbons (Fsp3) is 0.462. The third kappa shape index (κ3) is 5.55. The molecule has 0 aliphatic carbocycles. The molecule has 0 radical (unpaired) electrons. The van der Waals surface area contributed by atoms with Crippen molar-refractivity contribution in [3.63, 3.8) is 0 Å². The minimum atomic E-state index is -0.0309. The standard InChI is InChI=1S/C13H17BrClNO/c1-9-6-11(8-12(14)7-9)13(17)16-5-3-4-10(2)15/h6-8,10H,3-5H2,1-2H3,(H,16,17). The quantitative estimate of drug-likeness (QED) is 0.647. The third-order valence-corrected chi connectivity index (χ3v) is 3.04. The zero-order valence-corrected chi connectivity index (χ0v) is 12.4. The van der Waals surface area contributed by atoms with Crippen molar-refractivity contribution in [2.75, 3.05) is 6.54 Å². The molecule has 1 unspecified atom stereocenters. The molecule has 0 aliphatic heterocycles. The van der Waals surface area contributed by atoms with Crippen LogP contribution in [-0.4, -0.2) is 17.8 Å². The summed E-state index contributed by atoms with van der Waals surface area (Å²) in [7, 11) is 0. The summed E-state index contributed by atoms with van der Waals surface area (Å²) in [4.78, 5) is 11.8. The van der Waals surface area contributed by atoms with Crippen molar-refractivity contribution >= 4 is 33.4 Å². The highest BCUT2D eigenvalue weighted by atomic mass is 79.9. The van der Waals surface area contributed by atoms with Crippen molar-refractivity contribution in [3.8, 4) is 0 Å². The van der Waals surface area contributed by atoms with Crippen molar-refractivity contribution in [1.82, 2.24) is 5.32 Å². The molecule has 1 atom stereocenters. The predicted molar refractivity (Wildman–Crippen MR) is 75.8 cm³/mol. The number of hydrogen-bond acceptors (Lipinski definition) is 1. The maximum absolute atomic E-state index is 11.8. The molecule has 1 amide bonds. The Bertz CT molecular complexity index is 373. The van der Waals surface area contributed by atoms with E-state index in [1.807, 2.05) is 32.0 Å². The Morgan fingerprint density at radius 1 is 1.47 bits per heavy atom. The van der Waals surface area contributed by atoms with Crippen LogP contribution in [0.4, 0.5) is 0 Å². The summed E-state index contributed by atoms with van der Waals surface area (Å²) in [5.74, 6) is -0.0309. The molecule has 0 fully saturated rings. The van der Waals surface area contributed by atoms with E-state index in [4.69, 9.17) is 11.6 Å². The van der Waals surface area contributed by atoms with Gasteiger partial charge in [0.1, 0.15) is 0 Å². The van der Waals surface area contributed by atoms with Gasteiger partial charge >= 0.3 is 0 Å². The number of nitrogens with one attached hydrogen (secondary N) is 1. The van der Waals surface area contributed by atoms with E-state index < -0.39 is 0 Å². The van der Waals surface area contributed by atoms with E-state index in [2.05, 4.69) is 21.2 Å². The first-order valence-corrected chi connectivity index (χ1v) is 6.91. The number of hydrogen-bond donors (Lipinski definition) is 1. The average molecular weight is 319 g/mol. The smallest absolute Gasteiger partial charge is 0.251 e. The van der Waals surface area contributed by atoms with Crippen molar-refractivity contribution < 1.29 is 4.79 Å². The summed E-state index contributed by atoms with van der Waals surface area (Å²) in [6, 6.07) is 5.68. The fourth-order valence-corrected chi connectivity index (χ4v) is 2.32. The normalized spacial score (nSPS) is 12.2. The topological polar surface area (TPSA) is 29.1 Å². The van der Waals surface area contributed by atoms with Gasteiger partial charge in [0.15, 0.2) is 0 Å². The van der Waals surface area contributed by atoms with Gasteiger partial charge in [0, 0.05) is 22.0 Å². The Morgan fingerprint density at radius 3 is 2.76 bits per heavy atom. The highest BCUT2D eigenvalue weighted by molar-refractivity contribution is 9.10. The van der Waals surface area contributed by atoms with Crippen LogP contribution < -0.4 is 5.32 Å². The molecule has 1 aromatic carbocycles. The lowest BCUT2D eigenvalue weighted by Gasteiger charge is -2.07. The molecule has 0 saturated heterocycles. The highest BCUT2D eigenvalue weighted by Gasteiger charge is 2.06. The van der Waals surface area contributed by atoms with Gasteiger partial charge in [-0.25, -0.2) is 0 Å². The molecule has 0 saturated carbocycles. The summed E-state index contributed by atoms with van der Waals surface area (Å²) in [6.07, 6.45) is 1.82. The molecule has 1 N–H and O–H groups in total. The van der Waals surface area contributed by atoms with Crippen LogP contribution in [0.1, 0.15) is 35.7 Å². The van der Waals surface area contributed by atoms with Crippen LogP contribution in [0.25, 0.3) is 0 Å². The molecule has 2 nitrogen and oxygen atoms in total. The number of carbonyl (C=O) groups excluding carboxylic acids is 1. The van der Waals surface area contributed by atoms with Gasteiger partial charge in [0.2, 0.25) is 0 Å². The van der Waals surface area contributed by atoms with Crippen LogP contribution >= 0.6 is 27.5 Å². The number of aryl methyl sites for hydroxylation is 1. The summed E-state index contributed by atoms with van der Waals surface area (Å²) in [6.45, 7) is 4.60. The predicted octanol–water partition coefficient (Wildman–Crippen LogP) is 3.89. The minimum absolute atomic E-state index is 0.0309. The molecule has 0 bridgehead atoms. The second kappa shape index (κ2) is 7.02. The van der Waals surface area contributed by atoms with E-state index in [-0.39, 0.29) is 11.3 Å². The maximum Gasteiger partial charge on any atom is 0.251 e. The van der Waals surface area contributed by atoms with E-state index in [0.717, 1.165) is 22.9 Å². The number of alkyl halides is 1. The summed E-state index contributed by atoms with van der Waals surface area (Å²) in [5, 5.41) is 3.06. The summed E-state index contributed by atoms with van der Waals surface area (Å²) in [5.41, 5.74) is 1.76. The molecule has 0 aliphatic rings. The van der Waals surface area contributed by atoms with Gasteiger partial charge in [-0.3, -0.25) is 4.79 Å². The Hall–Kier alpha value is -0.540. The van der Waals surface area contributed by atoms with Crippen LogP contribution in [0.3, 0.4) is 0 Å².